The number of nitrogens with zero attached hydrogens (tertiary/aromatic N) is 2. The SMILES string of the molecule is CCCc1ccc(N2CCC[C@@](O)(CC)C2)cn1. The van der Waals surface area contributed by atoms with Crippen LogP contribution >= 0.6 is 0 Å². The molecule has 2 rings (SSSR count). The summed E-state index contributed by atoms with van der Waals surface area (Å²) >= 11 is 0. The van der Waals surface area contributed by atoms with E-state index in [1.54, 1.807) is 0 Å². The summed E-state index contributed by atoms with van der Waals surface area (Å²) in [6.45, 7) is 5.99. The first-order valence-corrected chi connectivity index (χ1v) is 7.09. The lowest BCUT2D eigenvalue weighted by atomic mass is 9.90. The summed E-state index contributed by atoms with van der Waals surface area (Å²) < 4.78 is 0. The Morgan fingerprint density at radius 2 is 2.22 bits per heavy atom. The maximum atomic E-state index is 10.4. The minimum absolute atomic E-state index is 0.514. The second-order valence-corrected chi connectivity index (χ2v) is 5.36. The molecule has 0 bridgehead atoms. The maximum absolute atomic E-state index is 10.4. The topological polar surface area (TPSA) is 36.4 Å². The van der Waals surface area contributed by atoms with Crippen LogP contribution in [0.15, 0.2) is 18.3 Å². The fourth-order valence-corrected chi connectivity index (χ4v) is 2.63. The molecule has 0 spiro atoms. The number of pyridine rings is 1. The second-order valence-electron chi connectivity index (χ2n) is 5.36. The van der Waals surface area contributed by atoms with Crippen LogP contribution in [0.3, 0.4) is 0 Å². The zero-order chi connectivity index (χ0) is 13.0. The first kappa shape index (κ1) is 13.3. The molecule has 0 aliphatic carbocycles. The van der Waals surface area contributed by atoms with Crippen LogP contribution in [0.2, 0.25) is 0 Å². The summed E-state index contributed by atoms with van der Waals surface area (Å²) in [4.78, 5) is 6.75. The van der Waals surface area contributed by atoms with Crippen LogP contribution in [0.4, 0.5) is 5.69 Å². The number of aryl methyl sites for hydroxylation is 1. The molecule has 0 saturated carbocycles. The monoisotopic (exact) mass is 248 g/mol. The molecule has 1 aromatic heterocycles. The van der Waals surface area contributed by atoms with E-state index in [1.165, 1.54) is 0 Å². The molecule has 1 aromatic rings. The first-order valence-electron chi connectivity index (χ1n) is 7.09. The van der Waals surface area contributed by atoms with Gasteiger partial charge in [-0.05, 0) is 37.8 Å². The van der Waals surface area contributed by atoms with Crippen molar-refractivity contribution in [2.45, 2.75) is 51.6 Å². The van der Waals surface area contributed by atoms with Crippen LogP contribution in [0.5, 0.6) is 0 Å². The fourth-order valence-electron chi connectivity index (χ4n) is 2.63. The van der Waals surface area contributed by atoms with E-state index in [2.05, 4.69) is 35.9 Å². The van der Waals surface area contributed by atoms with Gasteiger partial charge in [0.2, 0.25) is 0 Å². The van der Waals surface area contributed by atoms with Gasteiger partial charge in [-0.15, -0.1) is 0 Å². The zero-order valence-corrected chi connectivity index (χ0v) is 11.5. The van der Waals surface area contributed by atoms with Gasteiger partial charge in [0.15, 0.2) is 0 Å². The highest BCUT2D eigenvalue weighted by molar-refractivity contribution is 5.45. The summed E-state index contributed by atoms with van der Waals surface area (Å²) in [7, 11) is 0. The number of hydrogen-bond donors (Lipinski definition) is 1. The molecule has 3 heteroatoms. The molecule has 1 saturated heterocycles. The third kappa shape index (κ3) is 3.02. The van der Waals surface area contributed by atoms with Crippen LogP contribution in [0.1, 0.15) is 45.2 Å². The number of rotatable bonds is 4. The molecule has 2 heterocycles. The summed E-state index contributed by atoms with van der Waals surface area (Å²) in [5.41, 5.74) is 1.78. The molecule has 0 aromatic carbocycles. The number of β-amino-alcohol motifs (C(OH)–C–C–N with tert-alkyl or cyclic N) is 1. The minimum atomic E-state index is -0.514. The lowest BCUT2D eigenvalue weighted by Gasteiger charge is -2.39. The molecule has 1 aliphatic heterocycles. The number of anilines is 1. The highest BCUT2D eigenvalue weighted by atomic mass is 16.3. The van der Waals surface area contributed by atoms with Crippen molar-refractivity contribution in [2.75, 3.05) is 18.0 Å². The second kappa shape index (κ2) is 5.70. The standard InChI is InChI=1S/C15H24N2O/c1-3-6-13-7-8-14(11-16-13)17-10-5-9-15(18,4-2)12-17/h7-8,11,18H,3-6,9-10,12H2,1-2H3/t15-/m0/s1. The lowest BCUT2D eigenvalue weighted by molar-refractivity contribution is 0.0223. The molecule has 1 fully saturated rings. The van der Waals surface area contributed by atoms with E-state index in [0.717, 1.165) is 56.6 Å². The van der Waals surface area contributed by atoms with Gasteiger partial charge in [-0.3, -0.25) is 4.98 Å². The van der Waals surface area contributed by atoms with Crippen molar-refractivity contribution >= 4 is 5.69 Å². The van der Waals surface area contributed by atoms with Crippen molar-refractivity contribution in [3.05, 3.63) is 24.0 Å². The quantitative estimate of drug-likeness (QED) is 0.890. The Bertz CT molecular complexity index is 377. The molecular weight excluding hydrogens is 224 g/mol. The first-order chi connectivity index (χ1) is 8.67. The molecule has 0 unspecified atom stereocenters. The van der Waals surface area contributed by atoms with E-state index >= 15 is 0 Å². The van der Waals surface area contributed by atoms with Gasteiger partial charge in [0.25, 0.3) is 0 Å². The average molecular weight is 248 g/mol. The van der Waals surface area contributed by atoms with Crippen molar-refractivity contribution < 1.29 is 5.11 Å². The Labute approximate surface area is 110 Å². The number of aliphatic hydroxyl groups is 1. The van der Waals surface area contributed by atoms with Gasteiger partial charge in [-0.2, -0.15) is 0 Å². The van der Waals surface area contributed by atoms with Crippen LogP contribution in [0, 0.1) is 0 Å². The molecule has 0 amide bonds. The number of aromatic nitrogens is 1. The third-order valence-electron chi connectivity index (χ3n) is 3.89. The predicted octanol–water partition coefficient (Wildman–Crippen LogP) is 2.78. The Morgan fingerprint density at radius 3 is 2.83 bits per heavy atom. The van der Waals surface area contributed by atoms with E-state index in [-0.39, 0.29) is 0 Å². The Morgan fingerprint density at radius 1 is 1.39 bits per heavy atom. The summed E-state index contributed by atoms with van der Waals surface area (Å²) in [5, 5.41) is 10.4. The molecule has 100 valence electrons. The normalized spacial score (nSPS) is 24.3. The average Bonchev–Trinajstić information content (AvgIpc) is 2.40. The molecule has 1 atom stereocenters. The highest BCUT2D eigenvalue weighted by Gasteiger charge is 2.31. The Hall–Kier alpha value is -1.09. The van der Waals surface area contributed by atoms with Gasteiger partial charge in [0.1, 0.15) is 0 Å². The number of hydrogen-bond acceptors (Lipinski definition) is 3. The summed E-state index contributed by atoms with van der Waals surface area (Å²) in [5.74, 6) is 0. The number of piperidine rings is 1. The maximum Gasteiger partial charge on any atom is 0.0819 e. The van der Waals surface area contributed by atoms with Crippen LogP contribution in [-0.2, 0) is 6.42 Å². The Balaban J connectivity index is 2.06. The van der Waals surface area contributed by atoms with Gasteiger partial charge in [0.05, 0.1) is 17.5 Å². The predicted molar refractivity (Wildman–Crippen MR) is 74.9 cm³/mol. The van der Waals surface area contributed by atoms with Gasteiger partial charge in [0, 0.05) is 18.8 Å². The molecule has 1 aliphatic rings. The molecule has 1 N–H and O–H groups in total. The lowest BCUT2D eigenvalue weighted by Crippen LogP contribution is -2.47. The third-order valence-corrected chi connectivity index (χ3v) is 3.89. The van der Waals surface area contributed by atoms with E-state index in [0.29, 0.717) is 0 Å². The minimum Gasteiger partial charge on any atom is -0.388 e. The van der Waals surface area contributed by atoms with E-state index < -0.39 is 5.60 Å². The molecule has 3 nitrogen and oxygen atoms in total. The van der Waals surface area contributed by atoms with Crippen LogP contribution in [-0.4, -0.2) is 28.8 Å². The summed E-state index contributed by atoms with van der Waals surface area (Å²) in [6.07, 6.45) is 6.92. The zero-order valence-electron chi connectivity index (χ0n) is 11.5. The van der Waals surface area contributed by atoms with E-state index in [9.17, 15) is 5.11 Å². The van der Waals surface area contributed by atoms with Crippen molar-refractivity contribution in [3.63, 3.8) is 0 Å². The van der Waals surface area contributed by atoms with Gasteiger partial charge in [-0.25, -0.2) is 0 Å². The Kier molecular flexibility index (Phi) is 4.23. The van der Waals surface area contributed by atoms with Gasteiger partial charge < -0.3 is 10.0 Å². The van der Waals surface area contributed by atoms with Gasteiger partial charge >= 0.3 is 0 Å². The highest BCUT2D eigenvalue weighted by Crippen LogP contribution is 2.27. The molecule has 18 heavy (non-hydrogen) atoms. The molecule has 0 radical (unpaired) electrons. The fraction of sp³-hybridized carbons (Fsp3) is 0.667. The van der Waals surface area contributed by atoms with E-state index in [4.69, 9.17) is 0 Å². The van der Waals surface area contributed by atoms with Crippen molar-refractivity contribution in [3.8, 4) is 0 Å². The molecular formula is C15H24N2O. The van der Waals surface area contributed by atoms with Gasteiger partial charge in [-0.1, -0.05) is 20.3 Å². The van der Waals surface area contributed by atoms with Crippen molar-refractivity contribution in [2.24, 2.45) is 0 Å². The van der Waals surface area contributed by atoms with E-state index in [1.807, 2.05) is 6.20 Å². The van der Waals surface area contributed by atoms with Crippen molar-refractivity contribution in [1.29, 1.82) is 0 Å². The summed E-state index contributed by atoms with van der Waals surface area (Å²) in [6, 6.07) is 4.25. The van der Waals surface area contributed by atoms with Crippen molar-refractivity contribution in [1.82, 2.24) is 4.98 Å². The van der Waals surface area contributed by atoms with Crippen LogP contribution in [0.25, 0.3) is 0 Å². The largest absolute Gasteiger partial charge is 0.388 e. The van der Waals surface area contributed by atoms with Crippen LogP contribution < -0.4 is 4.90 Å². The smallest absolute Gasteiger partial charge is 0.0819 e.